The van der Waals surface area contributed by atoms with Crippen molar-refractivity contribution in [2.45, 2.75) is 134 Å². The molecular weight excluding hydrogens is 584 g/mol. The zero-order valence-electron chi connectivity index (χ0n) is 26.3. The average molecular weight is 637 g/mol. The van der Waals surface area contributed by atoms with Gasteiger partial charge in [-0.1, -0.05) is 32.9 Å². The number of carbonyl (C=O) groups excluding carboxylic acids is 2. The summed E-state index contributed by atoms with van der Waals surface area (Å²) in [6.45, 7) is 9.62. The van der Waals surface area contributed by atoms with Crippen LogP contribution in [0.2, 0.25) is 0 Å². The minimum Gasteiger partial charge on any atom is -0.463 e. The van der Waals surface area contributed by atoms with Gasteiger partial charge in [-0.25, -0.2) is 0 Å². The first kappa shape index (κ1) is 38.5. The van der Waals surface area contributed by atoms with E-state index in [-0.39, 0.29) is 30.6 Å². The predicted octanol–water partition coefficient (Wildman–Crippen LogP) is -1.44. The van der Waals surface area contributed by atoms with Crippen LogP contribution in [0.4, 0.5) is 0 Å². The Morgan fingerprint density at radius 2 is 1.32 bits per heavy atom. The summed E-state index contributed by atoms with van der Waals surface area (Å²) in [6.07, 6.45) is -12.6. The summed E-state index contributed by atoms with van der Waals surface area (Å²) in [6, 6.07) is 0. The highest BCUT2D eigenvalue weighted by Gasteiger charge is 2.49. The molecule has 2 fully saturated rings. The van der Waals surface area contributed by atoms with Crippen molar-refractivity contribution in [3.8, 4) is 0 Å². The number of allylic oxidation sites excluding steroid dienone is 1. The molecule has 0 amide bonds. The van der Waals surface area contributed by atoms with Crippen molar-refractivity contribution in [1.82, 2.24) is 0 Å². The molecule has 2 heterocycles. The van der Waals surface area contributed by atoms with Gasteiger partial charge in [0.05, 0.1) is 37.3 Å². The monoisotopic (exact) mass is 636 g/mol. The quantitative estimate of drug-likeness (QED) is 0.0806. The van der Waals surface area contributed by atoms with E-state index in [0.29, 0.717) is 6.42 Å². The van der Waals surface area contributed by atoms with E-state index in [0.717, 1.165) is 0 Å². The average Bonchev–Trinajstić information content (AvgIpc) is 2.97. The molecule has 2 saturated heterocycles. The molecule has 14 heteroatoms. The van der Waals surface area contributed by atoms with Gasteiger partial charge in [-0.3, -0.25) is 9.59 Å². The summed E-state index contributed by atoms with van der Waals surface area (Å²) in [4.78, 5) is 25.2. The van der Waals surface area contributed by atoms with Gasteiger partial charge in [0, 0.05) is 6.42 Å². The van der Waals surface area contributed by atoms with Gasteiger partial charge in [0.2, 0.25) is 0 Å². The standard InChI is InChI=1S/C30H52O14/c1-7-30(5,6)44-22(33)10-16(14(2)3)8-9-17(32)15(4)29(40)41-13-21-26(37)28(39)24(35)19(43-21)11-18-23(34)27(38)25(36)20(12-31)42-18/h8-9,14-21,23-28,31-32,34-39H,7,10-13H2,1-6H3/b9-8+/t15-,16?,17-,18?,19?,20?,21?,23?,24?,25?,26?,27?,28?/m1/s1. The predicted molar refractivity (Wildman–Crippen MR) is 154 cm³/mol. The Balaban J connectivity index is 1.98. The van der Waals surface area contributed by atoms with E-state index in [1.807, 2.05) is 34.6 Å². The Morgan fingerprint density at radius 3 is 1.82 bits per heavy atom. The van der Waals surface area contributed by atoms with Crippen LogP contribution in [0.15, 0.2) is 12.2 Å². The largest absolute Gasteiger partial charge is 0.463 e. The van der Waals surface area contributed by atoms with Gasteiger partial charge in [0.15, 0.2) is 0 Å². The van der Waals surface area contributed by atoms with Crippen molar-refractivity contribution in [3.63, 3.8) is 0 Å². The van der Waals surface area contributed by atoms with Crippen molar-refractivity contribution >= 4 is 11.9 Å². The van der Waals surface area contributed by atoms with E-state index >= 15 is 0 Å². The summed E-state index contributed by atoms with van der Waals surface area (Å²) >= 11 is 0. The van der Waals surface area contributed by atoms with Crippen LogP contribution in [0.25, 0.3) is 0 Å². The molecule has 2 aliphatic heterocycles. The molecule has 0 aliphatic carbocycles. The molecule has 0 saturated carbocycles. The van der Waals surface area contributed by atoms with Crippen LogP contribution in [-0.2, 0) is 28.5 Å². The number of aliphatic hydroxyl groups is 8. The Morgan fingerprint density at radius 1 is 0.818 bits per heavy atom. The summed E-state index contributed by atoms with van der Waals surface area (Å²) in [5, 5.41) is 81.7. The van der Waals surface area contributed by atoms with Gasteiger partial charge in [0.25, 0.3) is 0 Å². The molecule has 11 unspecified atom stereocenters. The SMILES string of the molecule is CCC(C)(C)OC(=O)CC(/C=C/[C@@H](O)[C@@H](C)C(=O)OCC1OC(CC2OC(CO)C(O)C(O)C2O)C(O)C(O)C1O)C(C)C. The van der Waals surface area contributed by atoms with E-state index < -0.39 is 97.8 Å². The first-order chi connectivity index (χ1) is 20.4. The Labute approximate surface area is 258 Å². The molecule has 13 atom stereocenters. The van der Waals surface area contributed by atoms with Gasteiger partial charge in [-0.05, 0) is 39.0 Å². The lowest BCUT2D eigenvalue weighted by atomic mass is 9.87. The lowest BCUT2D eigenvalue weighted by Crippen LogP contribution is -2.62. The summed E-state index contributed by atoms with van der Waals surface area (Å²) in [5.41, 5.74) is -0.593. The zero-order valence-corrected chi connectivity index (χ0v) is 26.3. The van der Waals surface area contributed by atoms with Crippen LogP contribution in [0, 0.1) is 17.8 Å². The lowest BCUT2D eigenvalue weighted by Gasteiger charge is -2.45. The van der Waals surface area contributed by atoms with Gasteiger partial charge in [-0.15, -0.1) is 0 Å². The number of aliphatic hydroxyl groups excluding tert-OH is 8. The van der Waals surface area contributed by atoms with E-state index in [9.17, 15) is 50.4 Å². The topological polar surface area (TPSA) is 233 Å². The van der Waals surface area contributed by atoms with Crippen LogP contribution in [0.5, 0.6) is 0 Å². The molecule has 0 radical (unpaired) electrons. The maximum Gasteiger partial charge on any atom is 0.311 e. The third-order valence-electron chi connectivity index (χ3n) is 8.60. The molecule has 256 valence electrons. The number of carbonyl (C=O) groups is 2. The number of rotatable bonds is 14. The van der Waals surface area contributed by atoms with Crippen LogP contribution < -0.4 is 0 Å². The highest BCUT2D eigenvalue weighted by molar-refractivity contribution is 5.73. The first-order valence-electron chi connectivity index (χ1n) is 15.2. The second-order valence-corrected chi connectivity index (χ2v) is 12.8. The number of hydrogen-bond donors (Lipinski definition) is 8. The van der Waals surface area contributed by atoms with Gasteiger partial charge < -0.3 is 59.8 Å². The second-order valence-electron chi connectivity index (χ2n) is 12.8. The lowest BCUT2D eigenvalue weighted by molar-refractivity contribution is -0.263. The summed E-state index contributed by atoms with van der Waals surface area (Å²) in [5.74, 6) is -2.47. The highest BCUT2D eigenvalue weighted by Crippen LogP contribution is 2.30. The molecule has 2 rings (SSSR count). The second kappa shape index (κ2) is 16.7. The maximum atomic E-state index is 12.7. The molecule has 0 bridgehead atoms. The molecule has 2 aliphatic rings. The number of esters is 2. The molecule has 0 aromatic heterocycles. The maximum absolute atomic E-state index is 12.7. The van der Waals surface area contributed by atoms with Crippen molar-refractivity contribution in [2.75, 3.05) is 13.2 Å². The summed E-state index contributed by atoms with van der Waals surface area (Å²) in [7, 11) is 0. The number of hydrogen-bond acceptors (Lipinski definition) is 14. The molecule has 14 nitrogen and oxygen atoms in total. The number of ether oxygens (including phenoxy) is 4. The fraction of sp³-hybridized carbons (Fsp3) is 0.867. The molecule has 44 heavy (non-hydrogen) atoms. The molecular formula is C30H52O14. The Bertz CT molecular complexity index is 939. The zero-order chi connectivity index (χ0) is 33.5. The Kier molecular flexibility index (Phi) is 14.6. The van der Waals surface area contributed by atoms with Crippen LogP contribution in [0.3, 0.4) is 0 Å². The fourth-order valence-electron chi connectivity index (χ4n) is 4.96. The molecule has 0 spiro atoms. The van der Waals surface area contributed by atoms with E-state index in [1.165, 1.54) is 13.0 Å². The fourth-order valence-corrected chi connectivity index (χ4v) is 4.96. The highest BCUT2D eigenvalue weighted by atomic mass is 16.6. The normalized spacial score (nSPS) is 35.3. The molecule has 0 aromatic rings. The minimum absolute atomic E-state index is 0.0423. The van der Waals surface area contributed by atoms with E-state index in [1.54, 1.807) is 6.08 Å². The van der Waals surface area contributed by atoms with E-state index in [4.69, 9.17) is 18.9 Å². The summed E-state index contributed by atoms with van der Waals surface area (Å²) < 4.78 is 21.9. The van der Waals surface area contributed by atoms with Gasteiger partial charge in [-0.2, -0.15) is 0 Å². The molecule has 0 aromatic carbocycles. The van der Waals surface area contributed by atoms with Crippen molar-refractivity contribution in [2.24, 2.45) is 17.8 Å². The van der Waals surface area contributed by atoms with Gasteiger partial charge >= 0.3 is 11.9 Å². The van der Waals surface area contributed by atoms with Crippen molar-refractivity contribution in [3.05, 3.63) is 12.2 Å². The van der Waals surface area contributed by atoms with Crippen LogP contribution in [-0.4, -0.2) is 139 Å². The van der Waals surface area contributed by atoms with Crippen molar-refractivity contribution in [1.29, 1.82) is 0 Å². The van der Waals surface area contributed by atoms with Crippen LogP contribution >= 0.6 is 0 Å². The van der Waals surface area contributed by atoms with Gasteiger partial charge in [0.1, 0.15) is 61.0 Å². The van der Waals surface area contributed by atoms with Crippen LogP contribution in [0.1, 0.15) is 60.8 Å². The van der Waals surface area contributed by atoms with Crippen molar-refractivity contribution < 1.29 is 69.4 Å². The minimum atomic E-state index is -1.73. The van der Waals surface area contributed by atoms with E-state index in [2.05, 4.69) is 0 Å². The Hall–Kier alpha value is -1.72. The third kappa shape index (κ3) is 10.1. The third-order valence-corrected chi connectivity index (χ3v) is 8.60. The molecule has 8 N–H and O–H groups in total. The smallest absolute Gasteiger partial charge is 0.311 e. The first-order valence-corrected chi connectivity index (χ1v) is 15.2.